The van der Waals surface area contributed by atoms with E-state index in [0.717, 1.165) is 0 Å². The first kappa shape index (κ1) is 32.8. The Morgan fingerprint density at radius 2 is 0.804 bits per heavy atom. The Balaban J connectivity index is 1.17. The van der Waals surface area contributed by atoms with Crippen LogP contribution in [0.25, 0.3) is 43.1 Å². The summed E-state index contributed by atoms with van der Waals surface area (Å²) >= 11 is 0. The maximum absolute atomic E-state index is 15.0. The minimum atomic E-state index is -5.07. The van der Waals surface area contributed by atoms with E-state index in [0.29, 0.717) is 21.5 Å². The zero-order chi connectivity index (χ0) is 35.7. The van der Waals surface area contributed by atoms with Crippen molar-refractivity contribution in [3.05, 3.63) is 132 Å². The zero-order valence-corrected chi connectivity index (χ0v) is 26.6. The van der Waals surface area contributed by atoms with E-state index in [1.165, 1.54) is 24.3 Å². The van der Waals surface area contributed by atoms with Crippen molar-refractivity contribution in [1.29, 1.82) is 0 Å². The number of hydrogen-bond acceptors (Lipinski definition) is 4. The molecular formula is C41H28F6O4. The molecule has 6 atom stereocenters. The van der Waals surface area contributed by atoms with Crippen LogP contribution in [0.4, 0.5) is 26.3 Å². The molecule has 0 radical (unpaired) electrons. The summed E-state index contributed by atoms with van der Waals surface area (Å²) in [5, 5.41) is 2.91. The summed E-state index contributed by atoms with van der Waals surface area (Å²) in [5.41, 5.74) is -0.523. The van der Waals surface area contributed by atoms with Gasteiger partial charge < -0.3 is 9.47 Å². The average Bonchev–Trinajstić information content (AvgIpc) is 3.73. The lowest BCUT2D eigenvalue weighted by Crippen LogP contribution is -2.39. The Bertz CT molecular complexity index is 2110. The first-order valence-electron chi connectivity index (χ1n) is 16.4. The van der Waals surface area contributed by atoms with Crippen LogP contribution in [0.5, 0.6) is 0 Å². The fourth-order valence-electron chi connectivity index (χ4n) is 8.10. The van der Waals surface area contributed by atoms with Gasteiger partial charge in [-0.2, -0.15) is 26.3 Å². The highest BCUT2D eigenvalue weighted by atomic mass is 19.4. The lowest BCUT2D eigenvalue weighted by molar-refractivity contribution is -0.231. The second-order valence-corrected chi connectivity index (χ2v) is 13.2. The number of ether oxygens (including phenoxy) is 2. The van der Waals surface area contributed by atoms with Crippen molar-refractivity contribution in [2.75, 3.05) is 0 Å². The minimum absolute atomic E-state index is 0.182. The Morgan fingerprint density at radius 1 is 0.510 bits per heavy atom. The summed E-state index contributed by atoms with van der Waals surface area (Å²) in [6.07, 6.45) is -12.2. The molecule has 0 aliphatic heterocycles. The van der Waals surface area contributed by atoms with Gasteiger partial charge in [0.2, 0.25) is 12.2 Å². The van der Waals surface area contributed by atoms with E-state index in [4.69, 9.17) is 9.47 Å². The minimum Gasteiger partial charge on any atom is -0.447 e. The van der Waals surface area contributed by atoms with E-state index in [2.05, 4.69) is 0 Å². The van der Waals surface area contributed by atoms with E-state index < -0.39 is 60.2 Å². The number of rotatable bonds is 6. The lowest BCUT2D eigenvalue weighted by atomic mass is 9.82. The average molecular weight is 699 g/mol. The molecule has 51 heavy (non-hydrogen) atoms. The first-order chi connectivity index (χ1) is 24.4. The highest BCUT2D eigenvalue weighted by Gasteiger charge is 2.57. The van der Waals surface area contributed by atoms with Crippen LogP contribution in [-0.4, -0.2) is 24.3 Å². The van der Waals surface area contributed by atoms with Gasteiger partial charge in [-0.3, -0.25) is 9.59 Å². The SMILES string of the molecule is O=C(O[C@H](c1c2ccccc2cc2ccccc12)C(F)(F)F)[C@@H]1[C@@H](C(=O)O[C@H](c2c3ccccc3cc3ccccc23)C(F)(F)F)[C@H]2C=C[C@@H]1C2. The molecule has 2 aliphatic rings. The predicted molar refractivity (Wildman–Crippen MR) is 180 cm³/mol. The fraction of sp³-hybridized carbons (Fsp3) is 0.220. The molecule has 0 saturated heterocycles. The highest BCUT2D eigenvalue weighted by Crippen LogP contribution is 2.52. The molecule has 0 heterocycles. The zero-order valence-electron chi connectivity index (χ0n) is 26.6. The third kappa shape index (κ3) is 5.66. The van der Waals surface area contributed by atoms with Gasteiger partial charge in [0, 0.05) is 11.1 Å². The molecule has 6 aromatic rings. The number of fused-ring (bicyclic) bond motifs is 6. The molecule has 258 valence electrons. The molecule has 8 rings (SSSR count). The van der Waals surface area contributed by atoms with Crippen molar-refractivity contribution in [3.63, 3.8) is 0 Å². The molecule has 2 bridgehead atoms. The smallest absolute Gasteiger partial charge is 0.429 e. The summed E-state index contributed by atoms with van der Waals surface area (Å²) in [6.45, 7) is 0. The van der Waals surface area contributed by atoms with Crippen molar-refractivity contribution in [2.45, 2.75) is 31.0 Å². The Kier molecular flexibility index (Phi) is 7.81. The van der Waals surface area contributed by atoms with Crippen LogP contribution in [0.3, 0.4) is 0 Å². The first-order valence-corrected chi connectivity index (χ1v) is 16.4. The Labute approximate surface area is 287 Å². The van der Waals surface area contributed by atoms with Crippen molar-refractivity contribution in [2.24, 2.45) is 23.7 Å². The Morgan fingerprint density at radius 3 is 1.10 bits per heavy atom. The summed E-state index contributed by atoms with van der Waals surface area (Å²) in [4.78, 5) is 27.9. The van der Waals surface area contributed by atoms with Crippen LogP contribution < -0.4 is 0 Å². The highest BCUT2D eigenvalue weighted by molar-refractivity contribution is 6.04. The van der Waals surface area contributed by atoms with Gasteiger partial charge in [0.1, 0.15) is 0 Å². The van der Waals surface area contributed by atoms with Gasteiger partial charge in [-0.1, -0.05) is 109 Å². The fourth-order valence-corrected chi connectivity index (χ4v) is 8.10. The van der Waals surface area contributed by atoms with Gasteiger partial charge in [-0.25, -0.2) is 0 Å². The number of carbonyl (C=O) groups excluding carboxylic acids is 2. The van der Waals surface area contributed by atoms with E-state index in [1.807, 2.05) is 0 Å². The monoisotopic (exact) mass is 698 g/mol. The molecule has 0 amide bonds. The van der Waals surface area contributed by atoms with Gasteiger partial charge >= 0.3 is 24.3 Å². The van der Waals surface area contributed by atoms with E-state index >= 15 is 0 Å². The van der Waals surface area contributed by atoms with Gasteiger partial charge in [-0.05, 0) is 73.5 Å². The third-order valence-corrected chi connectivity index (χ3v) is 10.2. The quantitative estimate of drug-likeness (QED) is 0.0752. The maximum atomic E-state index is 15.0. The molecule has 1 saturated carbocycles. The Hall–Kier alpha value is -5.38. The molecule has 0 unspecified atom stereocenters. The topological polar surface area (TPSA) is 52.6 Å². The number of benzene rings is 6. The normalized spacial score (nSPS) is 21.4. The molecule has 0 spiro atoms. The van der Waals surface area contributed by atoms with Crippen LogP contribution in [0.1, 0.15) is 29.8 Å². The van der Waals surface area contributed by atoms with Crippen LogP contribution in [-0.2, 0) is 19.1 Å². The number of esters is 2. The van der Waals surface area contributed by atoms with E-state index in [-0.39, 0.29) is 39.1 Å². The molecule has 0 N–H and O–H groups in total. The molecule has 1 fully saturated rings. The second kappa shape index (κ2) is 12.1. The molecule has 6 aromatic carbocycles. The number of allylic oxidation sites excluding steroid dienone is 2. The largest absolute Gasteiger partial charge is 0.447 e. The van der Waals surface area contributed by atoms with Crippen LogP contribution in [0.2, 0.25) is 0 Å². The summed E-state index contributed by atoms with van der Waals surface area (Å²) in [5.74, 6) is -7.07. The van der Waals surface area contributed by atoms with Gasteiger partial charge in [0.15, 0.2) is 0 Å². The lowest BCUT2D eigenvalue weighted by Gasteiger charge is -2.31. The number of hydrogen-bond donors (Lipinski definition) is 0. The van der Waals surface area contributed by atoms with E-state index in [1.54, 1.807) is 97.1 Å². The molecule has 0 aromatic heterocycles. The van der Waals surface area contributed by atoms with Gasteiger partial charge in [0.05, 0.1) is 11.8 Å². The molecule has 2 aliphatic carbocycles. The van der Waals surface area contributed by atoms with Crippen molar-refractivity contribution in [1.82, 2.24) is 0 Å². The summed E-state index contributed by atoms with van der Waals surface area (Å²) in [6, 6.07) is 29.2. The number of alkyl halides is 6. The van der Waals surface area contributed by atoms with E-state index in [9.17, 15) is 35.9 Å². The molecule has 10 heteroatoms. The van der Waals surface area contributed by atoms with Crippen LogP contribution >= 0.6 is 0 Å². The molecular weight excluding hydrogens is 670 g/mol. The van der Waals surface area contributed by atoms with Gasteiger partial charge in [0.25, 0.3) is 0 Å². The van der Waals surface area contributed by atoms with Crippen molar-refractivity contribution < 1.29 is 45.4 Å². The van der Waals surface area contributed by atoms with Crippen molar-refractivity contribution >= 4 is 55.0 Å². The van der Waals surface area contributed by atoms with Gasteiger partial charge in [-0.15, -0.1) is 0 Å². The standard InChI is InChI=1S/C41H28F6O4/c42-40(43,44)36(34-28-13-5-1-9-22(28)19-23-10-2-6-14-29(23)34)50-38(48)32-26-17-18-27(21-26)33(32)39(49)51-37(41(45,46)47)35-30-15-7-3-11-24(30)20-25-12-4-8-16-31(25)35/h1-20,26-27,32-33,36-37H,21H2/t26-,27+,32-,33-,36+,37+/m0/s1. The third-order valence-electron chi connectivity index (χ3n) is 10.2. The maximum Gasteiger partial charge on any atom is 0.429 e. The van der Waals surface area contributed by atoms with Crippen LogP contribution in [0.15, 0.2) is 121 Å². The molecule has 4 nitrogen and oxygen atoms in total. The second-order valence-electron chi connectivity index (χ2n) is 13.2. The summed E-state index contributed by atoms with van der Waals surface area (Å²) in [7, 11) is 0. The van der Waals surface area contributed by atoms with Crippen LogP contribution in [0, 0.1) is 23.7 Å². The van der Waals surface area contributed by atoms with Crippen molar-refractivity contribution in [3.8, 4) is 0 Å². The number of halogens is 6. The number of carbonyl (C=O) groups is 2. The summed E-state index contributed by atoms with van der Waals surface area (Å²) < 4.78 is 101. The predicted octanol–water partition coefficient (Wildman–Crippen LogP) is 10.7.